The Labute approximate surface area is 135 Å². The van der Waals surface area contributed by atoms with E-state index in [1.54, 1.807) is 16.3 Å². The second kappa shape index (κ2) is 6.03. The third kappa shape index (κ3) is 2.76. The Kier molecular flexibility index (Phi) is 4.12. The fourth-order valence-corrected chi connectivity index (χ4v) is 3.20. The van der Waals surface area contributed by atoms with E-state index in [9.17, 15) is 4.79 Å². The van der Waals surface area contributed by atoms with Gasteiger partial charge in [-0.05, 0) is 42.2 Å². The summed E-state index contributed by atoms with van der Waals surface area (Å²) in [5.41, 5.74) is 2.21. The van der Waals surface area contributed by atoms with Gasteiger partial charge in [0, 0.05) is 16.2 Å². The van der Waals surface area contributed by atoms with Crippen molar-refractivity contribution in [1.82, 2.24) is 9.61 Å². The normalized spacial score (nSPS) is 11.0. The molecule has 0 unspecified atom stereocenters. The highest BCUT2D eigenvalue weighted by atomic mass is 79.9. The predicted octanol–water partition coefficient (Wildman–Crippen LogP) is 4.44. The quantitative estimate of drug-likeness (QED) is 0.509. The highest BCUT2D eigenvalue weighted by Crippen LogP contribution is 2.28. The summed E-state index contributed by atoms with van der Waals surface area (Å²) in [5.74, 6) is 0.893. The van der Waals surface area contributed by atoms with Crippen LogP contribution in [0.4, 0.5) is 0 Å². The summed E-state index contributed by atoms with van der Waals surface area (Å²) < 4.78 is 2.73. The van der Waals surface area contributed by atoms with Crippen molar-refractivity contribution in [3.8, 4) is 0 Å². The predicted molar refractivity (Wildman–Crippen MR) is 89.2 cm³/mol. The van der Waals surface area contributed by atoms with Crippen LogP contribution in [-0.2, 0) is 0 Å². The van der Waals surface area contributed by atoms with Gasteiger partial charge in [0.25, 0.3) is 0 Å². The second-order valence-electron chi connectivity index (χ2n) is 4.48. The number of pyridine rings is 1. The average molecular weight is 361 g/mol. The molecule has 5 heteroatoms. The number of hydrogen-bond acceptors (Lipinski definition) is 3. The lowest BCUT2D eigenvalue weighted by atomic mass is 10.0. The van der Waals surface area contributed by atoms with Crippen LogP contribution in [0.25, 0.3) is 5.52 Å². The third-order valence-electron chi connectivity index (χ3n) is 3.12. The maximum Gasteiger partial charge on any atom is 0.197 e. The molecule has 0 N–H and O–H groups in total. The monoisotopic (exact) mass is 360 g/mol. The first-order valence-electron chi connectivity index (χ1n) is 6.61. The number of rotatable bonds is 4. The Hall–Kier alpha value is -1.59. The van der Waals surface area contributed by atoms with Crippen molar-refractivity contribution in [3.05, 3.63) is 64.3 Å². The molecule has 1 aromatic carbocycles. The van der Waals surface area contributed by atoms with Gasteiger partial charge >= 0.3 is 0 Å². The first kappa shape index (κ1) is 14.4. The number of aromatic nitrogens is 2. The standard InChI is InChI=1S/C16H13BrN2OS/c1-2-21-16-14(13-5-3-4-10-19(13)18-16)15(20)11-6-8-12(17)9-7-11/h3-10H,2H2,1H3. The van der Waals surface area contributed by atoms with Gasteiger partial charge in [0.05, 0.1) is 11.1 Å². The molecule has 21 heavy (non-hydrogen) atoms. The molecule has 0 fully saturated rings. The molecule has 0 aliphatic carbocycles. The van der Waals surface area contributed by atoms with E-state index < -0.39 is 0 Å². The van der Waals surface area contributed by atoms with E-state index >= 15 is 0 Å². The lowest BCUT2D eigenvalue weighted by molar-refractivity contribution is 0.103. The van der Waals surface area contributed by atoms with Crippen molar-refractivity contribution in [2.75, 3.05) is 5.75 Å². The lowest BCUT2D eigenvalue weighted by Gasteiger charge is -2.02. The van der Waals surface area contributed by atoms with Crippen molar-refractivity contribution in [2.24, 2.45) is 0 Å². The summed E-state index contributed by atoms with van der Waals surface area (Å²) in [5, 5.41) is 5.30. The topological polar surface area (TPSA) is 34.4 Å². The molecular formula is C16H13BrN2OS. The Morgan fingerprint density at radius 1 is 1.24 bits per heavy atom. The third-order valence-corrected chi connectivity index (χ3v) is 4.50. The minimum Gasteiger partial charge on any atom is -0.288 e. The molecule has 0 aliphatic heterocycles. The van der Waals surface area contributed by atoms with E-state index in [-0.39, 0.29) is 5.78 Å². The van der Waals surface area contributed by atoms with Crippen molar-refractivity contribution >= 4 is 39.0 Å². The Morgan fingerprint density at radius 2 is 2.00 bits per heavy atom. The summed E-state index contributed by atoms with van der Waals surface area (Å²) in [6, 6.07) is 13.2. The molecule has 0 radical (unpaired) electrons. The van der Waals surface area contributed by atoms with Crippen LogP contribution in [0.5, 0.6) is 0 Å². The van der Waals surface area contributed by atoms with Gasteiger partial charge in [-0.25, -0.2) is 4.52 Å². The minimum atomic E-state index is 0.0136. The number of benzene rings is 1. The molecule has 0 spiro atoms. The van der Waals surface area contributed by atoms with Gasteiger partial charge in [-0.1, -0.05) is 28.9 Å². The van der Waals surface area contributed by atoms with E-state index in [0.717, 1.165) is 20.8 Å². The van der Waals surface area contributed by atoms with E-state index in [4.69, 9.17) is 0 Å². The van der Waals surface area contributed by atoms with Crippen molar-refractivity contribution < 1.29 is 4.79 Å². The van der Waals surface area contributed by atoms with Crippen molar-refractivity contribution in [1.29, 1.82) is 0 Å². The first-order chi connectivity index (χ1) is 10.2. The molecule has 3 aromatic rings. The zero-order valence-electron chi connectivity index (χ0n) is 11.4. The maximum absolute atomic E-state index is 12.8. The van der Waals surface area contributed by atoms with Crippen LogP contribution in [0.3, 0.4) is 0 Å². The number of fused-ring (bicyclic) bond motifs is 1. The molecular weight excluding hydrogens is 348 g/mol. The molecule has 0 amide bonds. The van der Waals surface area contributed by atoms with E-state index in [1.165, 1.54) is 0 Å². The fourth-order valence-electron chi connectivity index (χ4n) is 2.17. The van der Waals surface area contributed by atoms with Gasteiger partial charge in [-0.3, -0.25) is 4.79 Å². The number of nitrogens with zero attached hydrogens (tertiary/aromatic N) is 2. The zero-order chi connectivity index (χ0) is 14.8. The molecule has 2 heterocycles. The number of thioether (sulfide) groups is 1. The SMILES string of the molecule is CCSc1nn2ccccc2c1C(=O)c1ccc(Br)cc1. The van der Waals surface area contributed by atoms with E-state index in [2.05, 4.69) is 28.0 Å². The molecule has 0 saturated carbocycles. The Morgan fingerprint density at radius 3 is 2.71 bits per heavy atom. The van der Waals surface area contributed by atoms with Gasteiger partial charge in [0.15, 0.2) is 5.78 Å². The molecule has 0 aliphatic rings. The van der Waals surface area contributed by atoms with Crippen LogP contribution in [0, 0.1) is 0 Å². The zero-order valence-corrected chi connectivity index (χ0v) is 13.8. The van der Waals surface area contributed by atoms with Crippen LogP contribution in [0.15, 0.2) is 58.2 Å². The van der Waals surface area contributed by atoms with Crippen LogP contribution < -0.4 is 0 Å². The van der Waals surface area contributed by atoms with Gasteiger partial charge in [-0.15, -0.1) is 11.8 Å². The van der Waals surface area contributed by atoms with Crippen LogP contribution in [-0.4, -0.2) is 21.2 Å². The largest absolute Gasteiger partial charge is 0.288 e. The highest BCUT2D eigenvalue weighted by molar-refractivity contribution is 9.10. The van der Waals surface area contributed by atoms with Gasteiger partial charge in [0.2, 0.25) is 0 Å². The average Bonchev–Trinajstić information content (AvgIpc) is 2.85. The molecule has 106 valence electrons. The molecule has 2 aromatic heterocycles. The van der Waals surface area contributed by atoms with E-state index in [0.29, 0.717) is 11.1 Å². The highest BCUT2D eigenvalue weighted by Gasteiger charge is 2.20. The van der Waals surface area contributed by atoms with Crippen LogP contribution in [0.1, 0.15) is 22.8 Å². The Balaban J connectivity index is 2.15. The van der Waals surface area contributed by atoms with Crippen molar-refractivity contribution in [2.45, 2.75) is 11.9 Å². The number of carbonyl (C=O) groups excluding carboxylic acids is 1. The Bertz CT molecular complexity index is 796. The second-order valence-corrected chi connectivity index (χ2v) is 6.65. The van der Waals surface area contributed by atoms with E-state index in [1.807, 2.05) is 48.7 Å². The molecule has 0 saturated heterocycles. The molecule has 0 bridgehead atoms. The number of halogens is 1. The molecule has 0 atom stereocenters. The van der Waals surface area contributed by atoms with Crippen LogP contribution >= 0.6 is 27.7 Å². The lowest BCUT2D eigenvalue weighted by Crippen LogP contribution is -2.02. The maximum atomic E-state index is 12.8. The minimum absolute atomic E-state index is 0.0136. The summed E-state index contributed by atoms with van der Waals surface area (Å²) in [7, 11) is 0. The molecule has 3 nitrogen and oxygen atoms in total. The summed E-state index contributed by atoms with van der Waals surface area (Å²) in [6.07, 6.45) is 1.87. The number of carbonyl (C=O) groups is 1. The van der Waals surface area contributed by atoms with Gasteiger partial charge in [-0.2, -0.15) is 5.10 Å². The summed E-state index contributed by atoms with van der Waals surface area (Å²) in [6.45, 7) is 2.06. The number of hydrogen-bond donors (Lipinski definition) is 0. The summed E-state index contributed by atoms with van der Waals surface area (Å²) in [4.78, 5) is 12.8. The number of ketones is 1. The molecule has 3 rings (SSSR count). The summed E-state index contributed by atoms with van der Waals surface area (Å²) >= 11 is 4.98. The first-order valence-corrected chi connectivity index (χ1v) is 8.39. The fraction of sp³-hybridized carbons (Fsp3) is 0.125. The smallest absolute Gasteiger partial charge is 0.197 e. The van der Waals surface area contributed by atoms with Crippen LogP contribution in [0.2, 0.25) is 0 Å². The van der Waals surface area contributed by atoms with Crippen molar-refractivity contribution in [3.63, 3.8) is 0 Å². The van der Waals surface area contributed by atoms with Gasteiger partial charge < -0.3 is 0 Å². The van der Waals surface area contributed by atoms with Gasteiger partial charge in [0.1, 0.15) is 5.03 Å².